The van der Waals surface area contributed by atoms with Crippen LogP contribution in [0.5, 0.6) is 0 Å². The van der Waals surface area contributed by atoms with E-state index in [1.807, 2.05) is 24.3 Å². The van der Waals surface area contributed by atoms with Crippen molar-refractivity contribution in [3.05, 3.63) is 29.8 Å². The van der Waals surface area contributed by atoms with E-state index in [2.05, 4.69) is 13.8 Å². The molecule has 1 atom stereocenters. The third-order valence-corrected chi connectivity index (χ3v) is 2.09. The van der Waals surface area contributed by atoms with E-state index in [1.165, 1.54) is 5.56 Å². The second-order valence-corrected chi connectivity index (χ2v) is 3.27. The largest absolute Gasteiger partial charge is 0.399 e. The zero-order chi connectivity index (χ0) is 9.68. The summed E-state index contributed by atoms with van der Waals surface area (Å²) >= 11 is 0. The van der Waals surface area contributed by atoms with Crippen LogP contribution in [0.4, 0.5) is 5.69 Å². The highest BCUT2D eigenvalue weighted by Crippen LogP contribution is 2.08. The first-order chi connectivity index (χ1) is 6.22. The molecule has 0 amide bonds. The molecule has 0 aliphatic rings. The van der Waals surface area contributed by atoms with Gasteiger partial charge in [0, 0.05) is 5.69 Å². The number of nitrogens with two attached hydrogens (primary N) is 1. The number of rotatable bonds is 4. The highest BCUT2D eigenvalue weighted by Gasteiger charge is 1.98. The summed E-state index contributed by atoms with van der Waals surface area (Å²) in [6.07, 6.45) is 1.38. The highest BCUT2D eigenvalue weighted by atomic mass is 16.5. The van der Waals surface area contributed by atoms with Crippen molar-refractivity contribution in [2.45, 2.75) is 33.0 Å². The summed E-state index contributed by atoms with van der Waals surface area (Å²) in [5, 5.41) is 0. The maximum absolute atomic E-state index is 5.58. The van der Waals surface area contributed by atoms with E-state index >= 15 is 0 Å². The van der Waals surface area contributed by atoms with Crippen LogP contribution in [0, 0.1) is 0 Å². The van der Waals surface area contributed by atoms with Gasteiger partial charge >= 0.3 is 0 Å². The molecule has 0 aliphatic carbocycles. The van der Waals surface area contributed by atoms with Crippen molar-refractivity contribution in [3.8, 4) is 0 Å². The fraction of sp³-hybridized carbons (Fsp3) is 0.455. The Kier molecular flexibility index (Phi) is 3.77. The highest BCUT2D eigenvalue weighted by molar-refractivity contribution is 5.39. The van der Waals surface area contributed by atoms with Gasteiger partial charge in [0.25, 0.3) is 0 Å². The molecular formula is C11H17NO. The number of hydrogen-bond donors (Lipinski definition) is 1. The number of nitrogen functional groups attached to an aromatic ring is 1. The zero-order valence-electron chi connectivity index (χ0n) is 8.29. The quantitative estimate of drug-likeness (QED) is 0.721. The second kappa shape index (κ2) is 4.87. The van der Waals surface area contributed by atoms with Crippen LogP contribution < -0.4 is 5.73 Å². The first-order valence-corrected chi connectivity index (χ1v) is 4.68. The van der Waals surface area contributed by atoms with Crippen molar-refractivity contribution in [2.24, 2.45) is 0 Å². The zero-order valence-corrected chi connectivity index (χ0v) is 8.29. The molecule has 0 saturated carbocycles. The first-order valence-electron chi connectivity index (χ1n) is 4.68. The van der Waals surface area contributed by atoms with Gasteiger partial charge in [-0.15, -0.1) is 0 Å². The molecule has 1 aromatic rings. The Hall–Kier alpha value is -1.02. The minimum atomic E-state index is 0.331. The maximum atomic E-state index is 5.58. The average molecular weight is 179 g/mol. The standard InChI is InChI=1S/C11H17NO/c1-3-9(2)13-8-10-4-6-11(12)7-5-10/h4-7,9H,3,8,12H2,1-2H3/t9-/m1/s1. The lowest BCUT2D eigenvalue weighted by Gasteiger charge is -2.10. The molecule has 0 aromatic heterocycles. The first kappa shape index (κ1) is 10.1. The molecule has 0 unspecified atom stereocenters. The van der Waals surface area contributed by atoms with Crippen LogP contribution in [-0.2, 0) is 11.3 Å². The maximum Gasteiger partial charge on any atom is 0.0720 e. The van der Waals surface area contributed by atoms with E-state index in [0.717, 1.165) is 12.1 Å². The van der Waals surface area contributed by atoms with Crippen molar-refractivity contribution in [3.63, 3.8) is 0 Å². The van der Waals surface area contributed by atoms with Crippen molar-refractivity contribution in [1.82, 2.24) is 0 Å². The van der Waals surface area contributed by atoms with E-state index in [1.54, 1.807) is 0 Å². The third kappa shape index (κ3) is 3.47. The lowest BCUT2D eigenvalue weighted by Crippen LogP contribution is -2.05. The second-order valence-electron chi connectivity index (χ2n) is 3.27. The number of hydrogen-bond acceptors (Lipinski definition) is 2. The van der Waals surface area contributed by atoms with Gasteiger partial charge in [-0.2, -0.15) is 0 Å². The molecule has 1 aromatic carbocycles. The Labute approximate surface area is 79.7 Å². The average Bonchev–Trinajstić information content (AvgIpc) is 2.16. The molecule has 13 heavy (non-hydrogen) atoms. The molecule has 1 rings (SSSR count). The summed E-state index contributed by atoms with van der Waals surface area (Å²) in [6, 6.07) is 7.79. The normalized spacial score (nSPS) is 12.8. The monoisotopic (exact) mass is 179 g/mol. The minimum absolute atomic E-state index is 0.331. The van der Waals surface area contributed by atoms with Crippen LogP contribution in [0.25, 0.3) is 0 Å². The number of benzene rings is 1. The van der Waals surface area contributed by atoms with E-state index in [-0.39, 0.29) is 0 Å². The predicted octanol–water partition coefficient (Wildman–Crippen LogP) is 2.58. The Bertz CT molecular complexity index is 243. The molecular weight excluding hydrogens is 162 g/mol. The lowest BCUT2D eigenvalue weighted by atomic mass is 10.2. The Morgan fingerprint density at radius 3 is 2.46 bits per heavy atom. The SMILES string of the molecule is CC[C@@H](C)OCc1ccc(N)cc1. The molecule has 2 nitrogen and oxygen atoms in total. The van der Waals surface area contributed by atoms with Crippen molar-refractivity contribution >= 4 is 5.69 Å². The van der Waals surface area contributed by atoms with Gasteiger partial charge in [-0.25, -0.2) is 0 Å². The Morgan fingerprint density at radius 1 is 1.31 bits per heavy atom. The molecule has 0 radical (unpaired) electrons. The van der Waals surface area contributed by atoms with Crippen LogP contribution in [0.15, 0.2) is 24.3 Å². The van der Waals surface area contributed by atoms with E-state index in [0.29, 0.717) is 12.7 Å². The summed E-state index contributed by atoms with van der Waals surface area (Å²) in [5.74, 6) is 0. The minimum Gasteiger partial charge on any atom is -0.399 e. The molecule has 0 saturated heterocycles. The topological polar surface area (TPSA) is 35.2 Å². The molecule has 0 aliphatic heterocycles. The van der Waals surface area contributed by atoms with Crippen LogP contribution in [0.2, 0.25) is 0 Å². The van der Waals surface area contributed by atoms with Gasteiger partial charge in [-0.1, -0.05) is 19.1 Å². The van der Waals surface area contributed by atoms with Gasteiger partial charge in [0.2, 0.25) is 0 Å². The summed E-state index contributed by atoms with van der Waals surface area (Å²) in [7, 11) is 0. The van der Waals surface area contributed by atoms with Crippen molar-refractivity contribution in [1.29, 1.82) is 0 Å². The van der Waals surface area contributed by atoms with Gasteiger partial charge in [-0.3, -0.25) is 0 Å². The summed E-state index contributed by atoms with van der Waals surface area (Å²) in [4.78, 5) is 0. The van der Waals surface area contributed by atoms with E-state index in [4.69, 9.17) is 10.5 Å². The molecule has 2 heteroatoms. The Morgan fingerprint density at radius 2 is 1.92 bits per heavy atom. The summed E-state index contributed by atoms with van der Waals surface area (Å²) < 4.78 is 5.58. The van der Waals surface area contributed by atoms with Gasteiger partial charge in [-0.05, 0) is 31.0 Å². The smallest absolute Gasteiger partial charge is 0.0720 e. The predicted molar refractivity (Wildman–Crippen MR) is 55.4 cm³/mol. The van der Waals surface area contributed by atoms with Gasteiger partial charge in [0.1, 0.15) is 0 Å². The lowest BCUT2D eigenvalue weighted by molar-refractivity contribution is 0.0508. The molecule has 72 valence electrons. The molecule has 0 spiro atoms. The van der Waals surface area contributed by atoms with Gasteiger partial charge < -0.3 is 10.5 Å². The van der Waals surface area contributed by atoms with Crippen molar-refractivity contribution in [2.75, 3.05) is 5.73 Å². The fourth-order valence-corrected chi connectivity index (χ4v) is 0.970. The van der Waals surface area contributed by atoms with Gasteiger partial charge in [0.05, 0.1) is 12.7 Å². The molecule has 0 bridgehead atoms. The van der Waals surface area contributed by atoms with E-state index in [9.17, 15) is 0 Å². The molecule has 2 N–H and O–H groups in total. The van der Waals surface area contributed by atoms with Crippen molar-refractivity contribution < 1.29 is 4.74 Å². The van der Waals surface area contributed by atoms with Crippen LogP contribution in [0.3, 0.4) is 0 Å². The summed E-state index contributed by atoms with van der Waals surface area (Å²) in [5.41, 5.74) is 7.54. The van der Waals surface area contributed by atoms with Gasteiger partial charge in [0.15, 0.2) is 0 Å². The number of anilines is 1. The number of ether oxygens (including phenoxy) is 1. The molecule has 0 heterocycles. The van der Waals surface area contributed by atoms with E-state index < -0.39 is 0 Å². The van der Waals surface area contributed by atoms with Crippen LogP contribution >= 0.6 is 0 Å². The third-order valence-electron chi connectivity index (χ3n) is 2.09. The van der Waals surface area contributed by atoms with Crippen LogP contribution in [0.1, 0.15) is 25.8 Å². The Balaban J connectivity index is 2.41. The van der Waals surface area contributed by atoms with Crippen LogP contribution in [-0.4, -0.2) is 6.10 Å². The molecule has 0 fully saturated rings. The summed E-state index contributed by atoms with van der Waals surface area (Å²) in [6.45, 7) is 4.88. The fourth-order valence-electron chi connectivity index (χ4n) is 0.970.